The first-order valence-corrected chi connectivity index (χ1v) is 6.20. The molecule has 0 aliphatic rings. The molecule has 0 amide bonds. The number of nitrogens with zero attached hydrogens (tertiary/aromatic N) is 1. The normalized spacial score (nSPS) is 11.1. The van der Waals surface area contributed by atoms with Crippen LogP contribution < -0.4 is 0 Å². The number of benzene rings is 2. The van der Waals surface area contributed by atoms with Crippen molar-refractivity contribution in [2.24, 2.45) is 0 Å². The van der Waals surface area contributed by atoms with Crippen LogP contribution in [-0.4, -0.2) is 9.55 Å². The van der Waals surface area contributed by atoms with Crippen LogP contribution in [-0.2, 0) is 0 Å². The molecule has 0 radical (unpaired) electrons. The molecule has 0 atom stereocenters. The van der Waals surface area contributed by atoms with Gasteiger partial charge in [-0.2, -0.15) is 0 Å². The smallest absolute Gasteiger partial charge is 0.182 e. The molecule has 2 aromatic carbocycles. The summed E-state index contributed by atoms with van der Waals surface area (Å²) in [7, 11) is 0. The summed E-state index contributed by atoms with van der Waals surface area (Å²) < 4.78 is 28.9. The van der Waals surface area contributed by atoms with E-state index in [1.165, 1.54) is 4.57 Å². The zero-order valence-corrected chi connectivity index (χ0v) is 11.0. The van der Waals surface area contributed by atoms with Crippen molar-refractivity contribution in [1.82, 2.24) is 9.55 Å². The number of aromatic amines is 1. The number of fused-ring (bicyclic) bond motifs is 1. The average molecular weight is 297 g/mol. The number of hydrogen-bond donors (Lipinski definition) is 1. The van der Waals surface area contributed by atoms with Gasteiger partial charge in [0.1, 0.15) is 11.6 Å². The number of aromatic nitrogens is 2. The molecule has 19 heavy (non-hydrogen) atoms. The van der Waals surface area contributed by atoms with Crippen molar-refractivity contribution in [1.29, 1.82) is 0 Å². The van der Waals surface area contributed by atoms with E-state index in [9.17, 15) is 8.78 Å². The van der Waals surface area contributed by atoms with E-state index in [0.717, 1.165) is 18.2 Å². The summed E-state index contributed by atoms with van der Waals surface area (Å²) in [6, 6.07) is 8.30. The molecule has 3 rings (SSSR count). The Labute approximate surface area is 117 Å². The second-order valence-electron chi connectivity index (χ2n) is 4.02. The standard InChI is InChI=1S/C13H7ClF2N2S/c14-7-1-4-10-12(5-7)18(13(19)17-10)11-6-8(15)2-3-9(11)16/h1-6H,(H,17,19). The van der Waals surface area contributed by atoms with Crippen LogP contribution in [0.1, 0.15) is 0 Å². The van der Waals surface area contributed by atoms with Crippen LogP contribution in [0, 0.1) is 16.4 Å². The van der Waals surface area contributed by atoms with Crippen molar-refractivity contribution in [3.63, 3.8) is 0 Å². The van der Waals surface area contributed by atoms with E-state index in [0.29, 0.717) is 16.1 Å². The molecule has 0 aliphatic carbocycles. The molecule has 96 valence electrons. The van der Waals surface area contributed by atoms with Gasteiger partial charge in [0, 0.05) is 11.1 Å². The van der Waals surface area contributed by atoms with Gasteiger partial charge in [0.15, 0.2) is 4.77 Å². The average Bonchev–Trinajstić information content (AvgIpc) is 2.68. The van der Waals surface area contributed by atoms with Gasteiger partial charge in [-0.15, -0.1) is 0 Å². The highest BCUT2D eigenvalue weighted by atomic mass is 35.5. The predicted molar refractivity (Wildman–Crippen MR) is 73.4 cm³/mol. The van der Waals surface area contributed by atoms with Crippen molar-refractivity contribution in [3.8, 4) is 5.69 Å². The quantitative estimate of drug-likeness (QED) is 0.650. The maximum absolute atomic E-state index is 13.9. The fourth-order valence-electron chi connectivity index (χ4n) is 1.97. The van der Waals surface area contributed by atoms with E-state index < -0.39 is 11.6 Å². The summed E-state index contributed by atoms with van der Waals surface area (Å²) in [5.74, 6) is -1.09. The summed E-state index contributed by atoms with van der Waals surface area (Å²) in [6.45, 7) is 0. The Morgan fingerprint density at radius 2 is 1.89 bits per heavy atom. The van der Waals surface area contributed by atoms with Crippen LogP contribution in [0.4, 0.5) is 8.78 Å². The Hall–Kier alpha value is -1.72. The largest absolute Gasteiger partial charge is 0.330 e. The van der Waals surface area contributed by atoms with Gasteiger partial charge in [-0.25, -0.2) is 8.78 Å². The molecule has 0 saturated heterocycles. The Morgan fingerprint density at radius 1 is 1.11 bits per heavy atom. The second kappa shape index (κ2) is 4.43. The number of halogens is 3. The predicted octanol–water partition coefficient (Wildman–Crippen LogP) is 4.62. The Kier molecular flexibility index (Phi) is 2.88. The number of H-pyrrole nitrogens is 1. The molecule has 0 spiro atoms. The van der Waals surface area contributed by atoms with Gasteiger partial charge in [-0.1, -0.05) is 11.6 Å². The van der Waals surface area contributed by atoms with Crippen LogP contribution >= 0.6 is 23.8 Å². The zero-order valence-electron chi connectivity index (χ0n) is 9.45. The zero-order chi connectivity index (χ0) is 13.6. The highest BCUT2D eigenvalue weighted by Gasteiger charge is 2.12. The topological polar surface area (TPSA) is 20.7 Å². The molecule has 0 aliphatic heterocycles. The Morgan fingerprint density at radius 3 is 2.68 bits per heavy atom. The van der Waals surface area contributed by atoms with E-state index in [4.69, 9.17) is 23.8 Å². The molecule has 6 heteroatoms. The van der Waals surface area contributed by atoms with Crippen LogP contribution in [0.3, 0.4) is 0 Å². The van der Waals surface area contributed by atoms with Gasteiger partial charge in [-0.3, -0.25) is 4.57 Å². The lowest BCUT2D eigenvalue weighted by atomic mass is 10.2. The fraction of sp³-hybridized carbons (Fsp3) is 0. The lowest BCUT2D eigenvalue weighted by Gasteiger charge is -2.06. The Balaban J connectivity index is 2.42. The van der Waals surface area contributed by atoms with Crippen LogP contribution in [0.5, 0.6) is 0 Å². The molecule has 0 bridgehead atoms. The molecule has 0 unspecified atom stereocenters. The van der Waals surface area contributed by atoms with E-state index in [-0.39, 0.29) is 10.5 Å². The summed E-state index contributed by atoms with van der Waals surface area (Å²) in [5, 5.41) is 0.493. The number of imidazole rings is 1. The minimum atomic E-state index is -0.557. The molecule has 1 aromatic heterocycles. The summed E-state index contributed by atoms with van der Waals surface area (Å²) >= 11 is 11.1. The second-order valence-corrected chi connectivity index (χ2v) is 4.85. The van der Waals surface area contributed by atoms with E-state index in [1.54, 1.807) is 18.2 Å². The fourth-order valence-corrected chi connectivity index (χ4v) is 2.45. The third kappa shape index (κ3) is 2.05. The van der Waals surface area contributed by atoms with E-state index >= 15 is 0 Å². The van der Waals surface area contributed by atoms with Crippen molar-refractivity contribution < 1.29 is 8.78 Å². The first-order valence-electron chi connectivity index (χ1n) is 5.42. The maximum atomic E-state index is 13.9. The Bertz CT molecular complexity index is 838. The number of nitrogens with one attached hydrogen (secondary N) is 1. The van der Waals surface area contributed by atoms with E-state index in [2.05, 4.69) is 4.98 Å². The summed E-state index contributed by atoms with van der Waals surface area (Å²) in [4.78, 5) is 2.93. The van der Waals surface area contributed by atoms with Crippen molar-refractivity contribution in [2.75, 3.05) is 0 Å². The lowest BCUT2D eigenvalue weighted by molar-refractivity contribution is 0.593. The number of hydrogen-bond acceptors (Lipinski definition) is 1. The molecule has 0 saturated carbocycles. The van der Waals surface area contributed by atoms with Gasteiger partial charge >= 0.3 is 0 Å². The molecular weight excluding hydrogens is 290 g/mol. The third-order valence-electron chi connectivity index (χ3n) is 2.79. The van der Waals surface area contributed by atoms with Crippen LogP contribution in [0.15, 0.2) is 36.4 Å². The minimum absolute atomic E-state index is 0.0542. The third-order valence-corrected chi connectivity index (χ3v) is 3.31. The van der Waals surface area contributed by atoms with Crippen molar-refractivity contribution in [3.05, 3.63) is 57.8 Å². The molecular formula is C13H7ClF2N2S. The first-order chi connectivity index (χ1) is 9.06. The molecule has 2 nitrogen and oxygen atoms in total. The maximum Gasteiger partial charge on any atom is 0.182 e. The van der Waals surface area contributed by atoms with Gasteiger partial charge in [-0.05, 0) is 42.5 Å². The monoisotopic (exact) mass is 296 g/mol. The van der Waals surface area contributed by atoms with Crippen LogP contribution in [0.2, 0.25) is 5.02 Å². The first kappa shape index (κ1) is 12.3. The highest BCUT2D eigenvalue weighted by molar-refractivity contribution is 7.71. The minimum Gasteiger partial charge on any atom is -0.330 e. The lowest BCUT2D eigenvalue weighted by Crippen LogP contribution is -1.98. The summed E-state index contributed by atoms with van der Waals surface area (Å²) in [5.41, 5.74) is 1.36. The van der Waals surface area contributed by atoms with Crippen LogP contribution in [0.25, 0.3) is 16.7 Å². The van der Waals surface area contributed by atoms with Gasteiger partial charge < -0.3 is 4.98 Å². The van der Waals surface area contributed by atoms with Gasteiger partial charge in [0.2, 0.25) is 0 Å². The number of rotatable bonds is 1. The van der Waals surface area contributed by atoms with Gasteiger partial charge in [0.05, 0.1) is 16.7 Å². The van der Waals surface area contributed by atoms with E-state index in [1.807, 2.05) is 0 Å². The van der Waals surface area contributed by atoms with Gasteiger partial charge in [0.25, 0.3) is 0 Å². The molecule has 1 N–H and O–H groups in total. The highest BCUT2D eigenvalue weighted by Crippen LogP contribution is 2.24. The SMILES string of the molecule is Fc1ccc(F)c(-n2c(=S)[nH]c3ccc(Cl)cc32)c1. The molecule has 1 heterocycles. The van der Waals surface area contributed by atoms with Crippen molar-refractivity contribution in [2.45, 2.75) is 0 Å². The molecule has 0 fully saturated rings. The summed E-state index contributed by atoms with van der Waals surface area (Å²) in [6.07, 6.45) is 0. The van der Waals surface area contributed by atoms with Crippen molar-refractivity contribution >= 4 is 34.9 Å². The molecule has 3 aromatic rings.